The van der Waals surface area contributed by atoms with Crippen LogP contribution in [-0.2, 0) is 0 Å². The van der Waals surface area contributed by atoms with Crippen molar-refractivity contribution in [1.29, 1.82) is 0 Å². The molecule has 0 spiro atoms. The molecule has 3 nitrogen and oxygen atoms in total. The molecule has 2 aliphatic rings. The van der Waals surface area contributed by atoms with Crippen LogP contribution >= 0.6 is 0 Å². The van der Waals surface area contributed by atoms with Gasteiger partial charge in [0.25, 0.3) is 0 Å². The van der Waals surface area contributed by atoms with Crippen molar-refractivity contribution in [3.05, 3.63) is 179 Å². The fraction of sp³-hybridized carbons (Fsp3) is 0.143. The molecule has 0 fully saturated rings. The van der Waals surface area contributed by atoms with E-state index in [4.69, 9.17) is 4.98 Å². The summed E-state index contributed by atoms with van der Waals surface area (Å²) in [4.78, 5) is 11.4. The third kappa shape index (κ3) is 7.63. The fourth-order valence-corrected chi connectivity index (χ4v) is 5.77. The molecule has 2 aromatic carbocycles. The van der Waals surface area contributed by atoms with Crippen LogP contribution < -0.4 is 4.90 Å². The third-order valence-electron chi connectivity index (χ3n) is 8.05. The highest BCUT2D eigenvalue weighted by atomic mass is 15.2. The highest BCUT2D eigenvalue weighted by Gasteiger charge is 2.16. The minimum atomic E-state index is 0.733. The Hall–Kier alpha value is -5.28. The van der Waals surface area contributed by atoms with Gasteiger partial charge in [-0.05, 0) is 117 Å². The van der Waals surface area contributed by atoms with Crippen LogP contribution in [0.4, 0.5) is 11.5 Å². The molecular formula is C42H41N3. The van der Waals surface area contributed by atoms with Crippen LogP contribution in [0.5, 0.6) is 0 Å². The minimum Gasteiger partial charge on any atom is -0.299 e. The van der Waals surface area contributed by atoms with Gasteiger partial charge in [0.05, 0.1) is 11.4 Å². The second-order valence-corrected chi connectivity index (χ2v) is 11.0. The van der Waals surface area contributed by atoms with Crippen molar-refractivity contribution < 1.29 is 0 Å². The summed E-state index contributed by atoms with van der Waals surface area (Å²) >= 11 is 0. The Labute approximate surface area is 268 Å². The summed E-state index contributed by atoms with van der Waals surface area (Å²) in [5.41, 5.74) is 11.7. The van der Waals surface area contributed by atoms with E-state index >= 15 is 0 Å². The van der Waals surface area contributed by atoms with Gasteiger partial charge in [-0.15, -0.1) is 0 Å². The van der Waals surface area contributed by atoms with Crippen molar-refractivity contribution in [2.24, 2.45) is 4.99 Å². The molecular weight excluding hydrogens is 546 g/mol. The topological polar surface area (TPSA) is 28.5 Å². The van der Waals surface area contributed by atoms with E-state index in [-0.39, 0.29) is 0 Å². The van der Waals surface area contributed by atoms with Crippen molar-refractivity contribution in [2.45, 2.75) is 40.0 Å². The summed E-state index contributed by atoms with van der Waals surface area (Å²) in [6.07, 6.45) is 30.7. The zero-order valence-electron chi connectivity index (χ0n) is 26.5. The molecule has 1 aromatic heterocycles. The van der Waals surface area contributed by atoms with E-state index in [1.54, 1.807) is 0 Å². The first kappa shape index (κ1) is 31.2. The van der Waals surface area contributed by atoms with Gasteiger partial charge in [-0.2, -0.15) is 0 Å². The molecule has 3 heteroatoms. The number of benzene rings is 2. The molecule has 0 unspecified atom stereocenters. The lowest BCUT2D eigenvalue weighted by molar-refractivity contribution is 1.08. The van der Waals surface area contributed by atoms with E-state index in [1.165, 1.54) is 33.4 Å². The lowest BCUT2D eigenvalue weighted by atomic mass is 9.87. The average molecular weight is 588 g/mol. The van der Waals surface area contributed by atoms with Crippen molar-refractivity contribution in [3.63, 3.8) is 0 Å². The zero-order chi connectivity index (χ0) is 31.4. The second kappa shape index (κ2) is 15.4. The predicted molar refractivity (Wildman–Crippen MR) is 195 cm³/mol. The molecule has 45 heavy (non-hydrogen) atoms. The Morgan fingerprint density at radius 1 is 0.889 bits per heavy atom. The molecule has 3 aromatic rings. The summed E-state index contributed by atoms with van der Waals surface area (Å²) in [7, 11) is 0. The molecule has 0 saturated heterocycles. The van der Waals surface area contributed by atoms with Gasteiger partial charge in [0.15, 0.2) is 0 Å². The minimum absolute atomic E-state index is 0.733. The van der Waals surface area contributed by atoms with Crippen LogP contribution in [0.2, 0.25) is 0 Å². The first-order valence-corrected chi connectivity index (χ1v) is 15.6. The highest BCUT2D eigenvalue weighted by molar-refractivity contribution is 5.81. The van der Waals surface area contributed by atoms with Gasteiger partial charge >= 0.3 is 0 Å². The molecule has 2 bridgehead atoms. The SMILES string of the molecule is C=N/C(=C\C=C/C)c1cccc(N(/C(C)=C/C=C\CC2=C/C=C/C3=C(/C/C=C\C=C/C3)c3cccc2c3C)c2ccccc2)n1. The summed E-state index contributed by atoms with van der Waals surface area (Å²) in [6, 6.07) is 23.1. The summed E-state index contributed by atoms with van der Waals surface area (Å²) < 4.78 is 0. The summed E-state index contributed by atoms with van der Waals surface area (Å²) in [6.45, 7) is 10.1. The van der Waals surface area contributed by atoms with E-state index in [0.29, 0.717) is 0 Å². The third-order valence-corrected chi connectivity index (χ3v) is 8.05. The van der Waals surface area contributed by atoms with Gasteiger partial charge in [-0.1, -0.05) is 109 Å². The maximum Gasteiger partial charge on any atom is 0.138 e. The smallest absolute Gasteiger partial charge is 0.138 e. The number of rotatable bonds is 9. The van der Waals surface area contributed by atoms with E-state index in [9.17, 15) is 0 Å². The normalized spacial score (nSPS) is 19.0. The molecule has 1 heterocycles. The number of aromatic nitrogens is 1. The molecule has 224 valence electrons. The monoisotopic (exact) mass is 587 g/mol. The number of allylic oxidation sites excluding steroid dienone is 17. The first-order valence-electron chi connectivity index (χ1n) is 15.6. The van der Waals surface area contributed by atoms with Crippen LogP contribution in [0, 0.1) is 6.92 Å². The fourth-order valence-electron chi connectivity index (χ4n) is 5.77. The number of aliphatic imine (C=N–C) groups is 1. The maximum absolute atomic E-state index is 4.99. The Morgan fingerprint density at radius 3 is 2.47 bits per heavy atom. The van der Waals surface area contributed by atoms with Crippen molar-refractivity contribution in [2.75, 3.05) is 4.90 Å². The van der Waals surface area contributed by atoms with Crippen molar-refractivity contribution in [3.8, 4) is 0 Å². The molecule has 0 saturated carbocycles. The molecule has 0 amide bonds. The van der Waals surface area contributed by atoms with E-state index in [2.05, 4.69) is 122 Å². The van der Waals surface area contributed by atoms with Gasteiger partial charge in [0.2, 0.25) is 0 Å². The molecule has 2 aliphatic carbocycles. The maximum atomic E-state index is 4.99. The number of anilines is 2. The van der Waals surface area contributed by atoms with Gasteiger partial charge in [0.1, 0.15) is 5.82 Å². The number of para-hydroxylation sites is 1. The standard InChI is InChI=1S/C42H41N3/c1-5-6-29-40(43-4)41-30-18-31-42(44-41)45(36-24-11-9-12-25-36)32(2)19-14-15-21-34-22-16-23-35-20-10-7-8-13-26-39(35)38-28-17-27-37(34)33(38)3/h5-19,22-25,27-31H,4,20-21,26H2,1-3H3/b6-5-,10-7-,13-8-,15-14-,23-16+,32-19+,34-22?,39-35-,40-29-. The van der Waals surface area contributed by atoms with E-state index in [1.807, 2.05) is 61.5 Å². The van der Waals surface area contributed by atoms with E-state index in [0.717, 1.165) is 47.9 Å². The Morgan fingerprint density at radius 2 is 1.67 bits per heavy atom. The van der Waals surface area contributed by atoms with Crippen molar-refractivity contribution in [1.82, 2.24) is 4.98 Å². The van der Waals surface area contributed by atoms with Crippen LogP contribution in [0.1, 0.15) is 55.5 Å². The van der Waals surface area contributed by atoms with Crippen LogP contribution in [-0.4, -0.2) is 11.7 Å². The average Bonchev–Trinajstić information content (AvgIpc) is 3.06. The van der Waals surface area contributed by atoms with E-state index < -0.39 is 0 Å². The number of fused-ring (bicyclic) bond motifs is 3. The quantitative estimate of drug-likeness (QED) is 0.184. The lowest BCUT2D eigenvalue weighted by Gasteiger charge is -2.25. The second-order valence-electron chi connectivity index (χ2n) is 11.0. The summed E-state index contributed by atoms with van der Waals surface area (Å²) in [5.74, 6) is 0.820. The van der Waals surface area contributed by atoms with Gasteiger partial charge < -0.3 is 0 Å². The number of hydrogen-bond acceptors (Lipinski definition) is 3. The molecule has 0 N–H and O–H groups in total. The molecule has 5 rings (SSSR count). The molecule has 0 aliphatic heterocycles. The number of nitrogens with zero attached hydrogens (tertiary/aromatic N) is 3. The van der Waals surface area contributed by atoms with Crippen LogP contribution in [0.15, 0.2) is 162 Å². The van der Waals surface area contributed by atoms with Gasteiger partial charge in [-0.3, -0.25) is 9.89 Å². The Balaban J connectivity index is 1.44. The predicted octanol–water partition coefficient (Wildman–Crippen LogP) is 11.3. The van der Waals surface area contributed by atoms with Crippen LogP contribution in [0.25, 0.3) is 16.8 Å². The number of pyridine rings is 1. The largest absolute Gasteiger partial charge is 0.299 e. The first-order chi connectivity index (χ1) is 22.1. The molecule has 0 radical (unpaired) electrons. The highest BCUT2D eigenvalue weighted by Crippen LogP contribution is 2.35. The van der Waals surface area contributed by atoms with Gasteiger partial charge in [-0.25, -0.2) is 4.98 Å². The summed E-state index contributed by atoms with van der Waals surface area (Å²) in [5, 5.41) is 0. The lowest BCUT2D eigenvalue weighted by Crippen LogP contribution is -2.16. The zero-order valence-corrected chi connectivity index (χ0v) is 26.5. The Kier molecular flexibility index (Phi) is 10.7. The van der Waals surface area contributed by atoms with Crippen molar-refractivity contribution >= 4 is 35.1 Å². The van der Waals surface area contributed by atoms with Crippen LogP contribution in [0.3, 0.4) is 0 Å². The van der Waals surface area contributed by atoms with Gasteiger partial charge in [0, 0.05) is 11.4 Å². The molecule has 0 atom stereocenters. The number of hydrogen-bond donors (Lipinski definition) is 0. The Bertz CT molecular complexity index is 1800.